The minimum atomic E-state index is -0.165. The highest BCUT2D eigenvalue weighted by atomic mass is 16.5. The summed E-state index contributed by atoms with van der Waals surface area (Å²) in [6.07, 6.45) is 6.08. The third kappa shape index (κ3) is 4.48. The van der Waals surface area contributed by atoms with Crippen LogP contribution in [0.25, 0.3) is 6.08 Å². The number of nitrogens with one attached hydrogen (secondary N) is 1. The highest BCUT2D eigenvalue weighted by molar-refractivity contribution is 5.94. The Morgan fingerprint density at radius 1 is 1.36 bits per heavy atom. The molecule has 116 valence electrons. The number of rotatable bonds is 7. The van der Waals surface area contributed by atoms with Crippen molar-refractivity contribution >= 4 is 12.0 Å². The van der Waals surface area contributed by atoms with Crippen molar-refractivity contribution < 1.29 is 14.1 Å². The largest absolute Gasteiger partial charge is 0.497 e. The predicted octanol–water partition coefficient (Wildman–Crippen LogP) is 3.43. The Kier molecular flexibility index (Phi) is 5.77. The van der Waals surface area contributed by atoms with Crippen LogP contribution < -0.4 is 10.1 Å². The van der Waals surface area contributed by atoms with Crippen LogP contribution in [0.2, 0.25) is 0 Å². The van der Waals surface area contributed by atoms with Crippen LogP contribution in [0.4, 0.5) is 0 Å². The summed E-state index contributed by atoms with van der Waals surface area (Å²) >= 11 is 0. The molecule has 0 saturated heterocycles. The van der Waals surface area contributed by atoms with Crippen LogP contribution in [0.3, 0.4) is 0 Å². The van der Waals surface area contributed by atoms with Crippen molar-refractivity contribution in [3.63, 3.8) is 0 Å². The van der Waals surface area contributed by atoms with E-state index in [1.165, 1.54) is 0 Å². The molecule has 1 heterocycles. The molecule has 0 aliphatic heterocycles. The van der Waals surface area contributed by atoms with Gasteiger partial charge >= 0.3 is 0 Å². The minimum absolute atomic E-state index is 0.165. The number of nitrogens with zero attached hydrogens (tertiary/aromatic N) is 1. The average Bonchev–Trinajstić information content (AvgIpc) is 3.01. The van der Waals surface area contributed by atoms with Crippen LogP contribution in [0.1, 0.15) is 41.6 Å². The third-order valence-electron chi connectivity index (χ3n) is 3.10. The second kappa shape index (κ2) is 8.02. The van der Waals surface area contributed by atoms with E-state index in [1.807, 2.05) is 12.1 Å². The number of ether oxygens (including phenoxy) is 1. The molecule has 0 atom stereocenters. The first-order valence-electron chi connectivity index (χ1n) is 7.27. The van der Waals surface area contributed by atoms with Crippen molar-refractivity contribution in [1.29, 1.82) is 0 Å². The van der Waals surface area contributed by atoms with Crippen LogP contribution in [0, 0.1) is 0 Å². The summed E-state index contributed by atoms with van der Waals surface area (Å²) in [6.45, 7) is 2.42. The van der Waals surface area contributed by atoms with E-state index >= 15 is 0 Å². The Bertz CT molecular complexity index is 630. The molecule has 1 N–H and O–H groups in total. The zero-order valence-electron chi connectivity index (χ0n) is 12.8. The summed E-state index contributed by atoms with van der Waals surface area (Å²) in [6, 6.07) is 8.75. The molecule has 0 spiro atoms. The monoisotopic (exact) mass is 300 g/mol. The molecule has 0 bridgehead atoms. The number of hydrogen-bond donors (Lipinski definition) is 1. The normalized spacial score (nSPS) is 10.8. The van der Waals surface area contributed by atoms with Gasteiger partial charge in [-0.2, -0.15) is 0 Å². The summed E-state index contributed by atoms with van der Waals surface area (Å²) in [5, 5.41) is 6.73. The molecule has 0 saturated carbocycles. The molecule has 1 aromatic carbocycles. The van der Waals surface area contributed by atoms with E-state index < -0.39 is 0 Å². The first-order chi connectivity index (χ1) is 10.7. The average molecular weight is 300 g/mol. The lowest BCUT2D eigenvalue weighted by Crippen LogP contribution is -2.22. The molecular weight excluding hydrogens is 280 g/mol. The molecule has 1 aromatic heterocycles. The van der Waals surface area contributed by atoms with Crippen LogP contribution >= 0.6 is 0 Å². The number of carbonyl (C=O) groups is 1. The van der Waals surface area contributed by atoms with Crippen molar-refractivity contribution in [3.05, 3.63) is 53.4 Å². The third-order valence-corrected chi connectivity index (χ3v) is 3.10. The summed E-state index contributed by atoms with van der Waals surface area (Å²) < 4.78 is 10.2. The van der Waals surface area contributed by atoms with Crippen LogP contribution in [0.15, 0.2) is 40.9 Å². The maximum atomic E-state index is 12.0. The molecule has 0 aliphatic carbocycles. The molecular formula is C17H20N2O3. The van der Waals surface area contributed by atoms with Crippen molar-refractivity contribution in [2.75, 3.05) is 7.11 Å². The van der Waals surface area contributed by atoms with Gasteiger partial charge < -0.3 is 14.6 Å². The van der Waals surface area contributed by atoms with E-state index in [-0.39, 0.29) is 5.91 Å². The van der Waals surface area contributed by atoms with Gasteiger partial charge in [-0.05, 0) is 36.8 Å². The van der Waals surface area contributed by atoms with Crippen molar-refractivity contribution in [2.45, 2.75) is 26.3 Å². The zero-order valence-corrected chi connectivity index (χ0v) is 12.8. The Hall–Kier alpha value is -2.56. The van der Waals surface area contributed by atoms with Gasteiger partial charge in [0, 0.05) is 11.6 Å². The number of unbranched alkanes of at least 4 members (excludes halogenated alkanes) is 1. The Morgan fingerprint density at radius 3 is 2.82 bits per heavy atom. The van der Waals surface area contributed by atoms with E-state index in [4.69, 9.17) is 9.26 Å². The van der Waals surface area contributed by atoms with Gasteiger partial charge in [-0.1, -0.05) is 24.6 Å². The second-order valence-corrected chi connectivity index (χ2v) is 4.82. The highest BCUT2D eigenvalue weighted by Gasteiger charge is 2.07. The van der Waals surface area contributed by atoms with E-state index in [0.717, 1.165) is 24.3 Å². The van der Waals surface area contributed by atoms with E-state index in [0.29, 0.717) is 17.9 Å². The van der Waals surface area contributed by atoms with E-state index in [9.17, 15) is 4.79 Å². The molecule has 2 aromatic rings. The lowest BCUT2D eigenvalue weighted by atomic mass is 10.2. The fourth-order valence-corrected chi connectivity index (χ4v) is 1.87. The number of aromatic nitrogens is 1. The quantitative estimate of drug-likeness (QED) is 0.851. The van der Waals surface area contributed by atoms with Gasteiger partial charge in [0.25, 0.3) is 5.91 Å². The zero-order chi connectivity index (χ0) is 15.8. The molecule has 1 amide bonds. The molecule has 22 heavy (non-hydrogen) atoms. The number of hydrogen-bond acceptors (Lipinski definition) is 4. The van der Waals surface area contributed by atoms with Crippen LogP contribution in [0.5, 0.6) is 5.75 Å². The fraction of sp³-hybridized carbons (Fsp3) is 0.294. The standard InChI is InChI=1S/C17H20N2O3/c1-3-4-5-6-14-11-16(22-19-14)12-18-17(20)13-7-9-15(21-2)10-8-13/h5-11H,3-4,12H2,1-2H3,(H,18,20). The molecule has 5 heteroatoms. The van der Waals surface area contributed by atoms with E-state index in [1.54, 1.807) is 31.4 Å². The summed E-state index contributed by atoms with van der Waals surface area (Å²) in [5.41, 5.74) is 1.34. The van der Waals surface area contributed by atoms with Gasteiger partial charge in [0.1, 0.15) is 11.4 Å². The minimum Gasteiger partial charge on any atom is -0.497 e. The molecule has 2 rings (SSSR count). The molecule has 5 nitrogen and oxygen atoms in total. The van der Waals surface area contributed by atoms with E-state index in [2.05, 4.69) is 23.5 Å². The van der Waals surface area contributed by atoms with Crippen LogP contribution in [-0.2, 0) is 6.54 Å². The predicted molar refractivity (Wildman–Crippen MR) is 84.6 cm³/mol. The highest BCUT2D eigenvalue weighted by Crippen LogP contribution is 2.11. The number of benzene rings is 1. The molecule has 0 aliphatic rings. The number of methoxy groups -OCH3 is 1. The smallest absolute Gasteiger partial charge is 0.251 e. The Morgan fingerprint density at radius 2 is 2.14 bits per heavy atom. The topological polar surface area (TPSA) is 64.4 Å². The summed E-state index contributed by atoms with van der Waals surface area (Å²) in [5.74, 6) is 1.18. The van der Waals surface area contributed by atoms with Gasteiger partial charge in [0.15, 0.2) is 5.76 Å². The number of amides is 1. The van der Waals surface area contributed by atoms with Crippen LogP contribution in [-0.4, -0.2) is 18.2 Å². The van der Waals surface area contributed by atoms with Crippen molar-refractivity contribution in [3.8, 4) is 5.75 Å². The molecule has 0 radical (unpaired) electrons. The van der Waals surface area contributed by atoms with Crippen molar-refractivity contribution in [2.24, 2.45) is 0 Å². The van der Waals surface area contributed by atoms with Gasteiger partial charge in [-0.3, -0.25) is 4.79 Å². The molecule has 0 fully saturated rings. The lowest BCUT2D eigenvalue weighted by Gasteiger charge is -2.04. The summed E-state index contributed by atoms with van der Waals surface area (Å²) in [7, 11) is 1.59. The van der Waals surface area contributed by atoms with Gasteiger partial charge in [-0.15, -0.1) is 0 Å². The Labute approximate surface area is 130 Å². The lowest BCUT2D eigenvalue weighted by molar-refractivity contribution is 0.0947. The van der Waals surface area contributed by atoms with Crippen molar-refractivity contribution in [1.82, 2.24) is 10.5 Å². The Balaban J connectivity index is 1.87. The number of carbonyl (C=O) groups excluding carboxylic acids is 1. The maximum Gasteiger partial charge on any atom is 0.251 e. The second-order valence-electron chi connectivity index (χ2n) is 4.82. The first kappa shape index (κ1) is 15.8. The van der Waals surface area contributed by atoms with Gasteiger partial charge in [0.2, 0.25) is 0 Å². The first-order valence-corrected chi connectivity index (χ1v) is 7.27. The van der Waals surface area contributed by atoms with Gasteiger partial charge in [-0.25, -0.2) is 0 Å². The fourth-order valence-electron chi connectivity index (χ4n) is 1.87. The SMILES string of the molecule is CCCC=Cc1cc(CNC(=O)c2ccc(OC)cc2)on1. The summed E-state index contributed by atoms with van der Waals surface area (Å²) in [4.78, 5) is 12.0. The number of allylic oxidation sites excluding steroid dienone is 1. The van der Waals surface area contributed by atoms with Gasteiger partial charge in [0.05, 0.1) is 13.7 Å². The molecule has 0 unspecified atom stereocenters. The maximum absolute atomic E-state index is 12.0.